The van der Waals surface area contributed by atoms with Gasteiger partial charge in [0.15, 0.2) is 0 Å². The first-order valence-corrected chi connectivity index (χ1v) is 12.3. The first kappa shape index (κ1) is 28.1. The standard InChI is InChI=1S/C30H34N4O4/c1-29(2,3)27(37)33-23-11-7-9-21(17-23)31-25(35)19-13-15-20(16-14-19)26(36)32-22-10-8-12-24(18-22)34-28(38)30(4,5)6/h7-18H,1-6H3,(H,31,35)(H,32,36)(H,33,37)(H,34,38). The second-order valence-corrected chi connectivity index (χ2v) is 11.1. The topological polar surface area (TPSA) is 116 Å². The van der Waals surface area contributed by atoms with E-state index in [-0.39, 0.29) is 23.6 Å². The Labute approximate surface area is 223 Å². The van der Waals surface area contributed by atoms with Crippen LogP contribution in [0.5, 0.6) is 0 Å². The third-order valence-electron chi connectivity index (χ3n) is 5.53. The SMILES string of the molecule is CC(C)(C)C(=O)Nc1cccc(NC(=O)c2ccc(C(=O)Nc3cccc(NC(=O)C(C)(C)C)c3)cc2)c1. The second-order valence-electron chi connectivity index (χ2n) is 11.1. The first-order valence-electron chi connectivity index (χ1n) is 12.3. The smallest absolute Gasteiger partial charge is 0.255 e. The minimum Gasteiger partial charge on any atom is -0.326 e. The Balaban J connectivity index is 1.62. The predicted octanol–water partition coefficient (Wildman–Crippen LogP) is 6.16. The number of nitrogens with one attached hydrogen (secondary N) is 4. The normalized spacial score (nSPS) is 11.3. The van der Waals surface area contributed by atoms with Gasteiger partial charge in [-0.15, -0.1) is 0 Å². The van der Waals surface area contributed by atoms with E-state index >= 15 is 0 Å². The van der Waals surface area contributed by atoms with Crippen molar-refractivity contribution in [2.24, 2.45) is 10.8 Å². The molecule has 0 bridgehead atoms. The van der Waals surface area contributed by atoms with Gasteiger partial charge in [0, 0.05) is 44.7 Å². The van der Waals surface area contributed by atoms with E-state index in [1.54, 1.807) is 72.8 Å². The van der Waals surface area contributed by atoms with Crippen LogP contribution in [0.4, 0.5) is 22.7 Å². The lowest BCUT2D eigenvalue weighted by Crippen LogP contribution is -2.27. The third-order valence-corrected chi connectivity index (χ3v) is 5.53. The lowest BCUT2D eigenvalue weighted by molar-refractivity contribution is -0.123. The highest BCUT2D eigenvalue weighted by Gasteiger charge is 2.22. The molecule has 3 rings (SSSR count). The zero-order chi connectivity index (χ0) is 28.1. The Morgan fingerprint density at radius 2 is 0.763 bits per heavy atom. The van der Waals surface area contributed by atoms with E-state index in [1.165, 1.54) is 0 Å². The first-order chi connectivity index (χ1) is 17.7. The molecule has 0 radical (unpaired) electrons. The summed E-state index contributed by atoms with van der Waals surface area (Å²) in [6, 6.07) is 20.1. The highest BCUT2D eigenvalue weighted by molar-refractivity contribution is 6.07. The average Bonchev–Trinajstić information content (AvgIpc) is 2.83. The van der Waals surface area contributed by atoms with Crippen molar-refractivity contribution in [2.45, 2.75) is 41.5 Å². The molecule has 0 aromatic heterocycles. The fourth-order valence-electron chi connectivity index (χ4n) is 3.17. The number of amides is 4. The molecule has 0 saturated carbocycles. The fourth-order valence-corrected chi connectivity index (χ4v) is 3.17. The van der Waals surface area contributed by atoms with Crippen molar-refractivity contribution in [3.8, 4) is 0 Å². The summed E-state index contributed by atoms with van der Waals surface area (Å²) in [5.41, 5.74) is 1.88. The van der Waals surface area contributed by atoms with Gasteiger partial charge in [0.05, 0.1) is 0 Å². The number of benzene rings is 3. The Morgan fingerprint density at radius 3 is 1.05 bits per heavy atom. The van der Waals surface area contributed by atoms with E-state index in [2.05, 4.69) is 21.3 Å². The van der Waals surface area contributed by atoms with Gasteiger partial charge in [-0.3, -0.25) is 19.2 Å². The summed E-state index contributed by atoms with van der Waals surface area (Å²) in [4.78, 5) is 50.0. The Kier molecular flexibility index (Phi) is 8.36. The molecule has 0 heterocycles. The Morgan fingerprint density at radius 1 is 0.474 bits per heavy atom. The zero-order valence-electron chi connectivity index (χ0n) is 22.6. The van der Waals surface area contributed by atoms with Gasteiger partial charge in [-0.2, -0.15) is 0 Å². The van der Waals surface area contributed by atoms with E-state index in [0.717, 1.165) is 0 Å². The lowest BCUT2D eigenvalue weighted by atomic mass is 9.95. The second kappa shape index (κ2) is 11.3. The number of hydrogen-bond acceptors (Lipinski definition) is 4. The van der Waals surface area contributed by atoms with Gasteiger partial charge in [-0.1, -0.05) is 53.7 Å². The van der Waals surface area contributed by atoms with Gasteiger partial charge in [-0.25, -0.2) is 0 Å². The summed E-state index contributed by atoms with van der Waals surface area (Å²) >= 11 is 0. The van der Waals surface area contributed by atoms with Crippen LogP contribution in [0.25, 0.3) is 0 Å². The van der Waals surface area contributed by atoms with Crippen LogP contribution < -0.4 is 21.3 Å². The maximum Gasteiger partial charge on any atom is 0.255 e. The molecule has 4 N–H and O–H groups in total. The largest absolute Gasteiger partial charge is 0.326 e. The number of rotatable bonds is 6. The molecular weight excluding hydrogens is 480 g/mol. The van der Waals surface area contributed by atoms with Crippen molar-refractivity contribution in [2.75, 3.05) is 21.3 Å². The minimum absolute atomic E-state index is 0.128. The van der Waals surface area contributed by atoms with Gasteiger partial charge in [0.25, 0.3) is 11.8 Å². The van der Waals surface area contributed by atoms with Crippen molar-refractivity contribution in [1.82, 2.24) is 0 Å². The summed E-state index contributed by atoms with van der Waals surface area (Å²) in [5.74, 6) is -0.954. The predicted molar refractivity (Wildman–Crippen MR) is 151 cm³/mol. The molecular formula is C30H34N4O4. The number of carbonyl (C=O) groups is 4. The van der Waals surface area contributed by atoms with E-state index in [0.29, 0.717) is 33.9 Å². The maximum atomic E-state index is 12.7. The van der Waals surface area contributed by atoms with Crippen LogP contribution in [0, 0.1) is 10.8 Å². The molecule has 0 aliphatic heterocycles. The summed E-state index contributed by atoms with van der Waals surface area (Å²) in [5, 5.41) is 11.3. The highest BCUT2D eigenvalue weighted by Crippen LogP contribution is 2.22. The van der Waals surface area contributed by atoms with Crippen LogP contribution in [-0.4, -0.2) is 23.6 Å². The van der Waals surface area contributed by atoms with Crippen LogP contribution in [0.2, 0.25) is 0 Å². The van der Waals surface area contributed by atoms with Crippen LogP contribution in [0.15, 0.2) is 72.8 Å². The fraction of sp³-hybridized carbons (Fsp3) is 0.267. The van der Waals surface area contributed by atoms with Gasteiger partial charge in [0.1, 0.15) is 0 Å². The van der Waals surface area contributed by atoms with Crippen LogP contribution in [-0.2, 0) is 9.59 Å². The van der Waals surface area contributed by atoms with Gasteiger partial charge in [0.2, 0.25) is 11.8 Å². The Bertz CT molecular complexity index is 1250. The van der Waals surface area contributed by atoms with Crippen LogP contribution in [0.1, 0.15) is 62.3 Å². The van der Waals surface area contributed by atoms with E-state index in [9.17, 15) is 19.2 Å². The average molecular weight is 515 g/mol. The van der Waals surface area contributed by atoms with E-state index in [4.69, 9.17) is 0 Å². The van der Waals surface area contributed by atoms with Crippen molar-refractivity contribution < 1.29 is 19.2 Å². The molecule has 8 nitrogen and oxygen atoms in total. The van der Waals surface area contributed by atoms with Crippen molar-refractivity contribution in [3.63, 3.8) is 0 Å². The zero-order valence-corrected chi connectivity index (χ0v) is 22.6. The molecule has 0 aliphatic carbocycles. The molecule has 0 atom stereocenters. The molecule has 3 aromatic rings. The highest BCUT2D eigenvalue weighted by atomic mass is 16.2. The quantitative estimate of drug-likeness (QED) is 0.315. The van der Waals surface area contributed by atoms with Crippen molar-refractivity contribution in [3.05, 3.63) is 83.9 Å². The van der Waals surface area contributed by atoms with Crippen molar-refractivity contribution in [1.29, 1.82) is 0 Å². The molecule has 0 aliphatic rings. The van der Waals surface area contributed by atoms with Crippen LogP contribution in [0.3, 0.4) is 0 Å². The number of hydrogen-bond donors (Lipinski definition) is 4. The van der Waals surface area contributed by atoms with E-state index in [1.807, 2.05) is 41.5 Å². The molecule has 38 heavy (non-hydrogen) atoms. The molecule has 0 spiro atoms. The summed E-state index contributed by atoms with van der Waals surface area (Å²) in [7, 11) is 0. The molecule has 0 fully saturated rings. The third kappa shape index (κ3) is 7.77. The molecule has 0 saturated heterocycles. The summed E-state index contributed by atoms with van der Waals surface area (Å²) in [6.07, 6.45) is 0. The van der Waals surface area contributed by atoms with Gasteiger partial charge < -0.3 is 21.3 Å². The number of anilines is 4. The van der Waals surface area contributed by atoms with Crippen LogP contribution >= 0.6 is 0 Å². The molecule has 3 aromatic carbocycles. The summed E-state index contributed by atoms with van der Waals surface area (Å²) in [6.45, 7) is 10.9. The number of carbonyl (C=O) groups excluding carboxylic acids is 4. The lowest BCUT2D eigenvalue weighted by Gasteiger charge is -2.18. The molecule has 0 unspecified atom stereocenters. The molecule has 4 amide bonds. The molecule has 198 valence electrons. The monoisotopic (exact) mass is 514 g/mol. The molecule has 8 heteroatoms. The van der Waals surface area contributed by atoms with Gasteiger partial charge in [-0.05, 0) is 60.7 Å². The Hall–Kier alpha value is -4.46. The minimum atomic E-state index is -0.543. The van der Waals surface area contributed by atoms with E-state index < -0.39 is 10.8 Å². The van der Waals surface area contributed by atoms with Crippen molar-refractivity contribution >= 4 is 46.4 Å². The van der Waals surface area contributed by atoms with Gasteiger partial charge >= 0.3 is 0 Å². The summed E-state index contributed by atoms with van der Waals surface area (Å²) < 4.78 is 0. The maximum absolute atomic E-state index is 12.7.